The molecule has 1 fully saturated rings. The highest BCUT2D eigenvalue weighted by atomic mass is 32.2. The minimum Gasteiger partial charge on any atom is -0.350 e. The lowest BCUT2D eigenvalue weighted by molar-refractivity contribution is 0.0939. The molecule has 0 bridgehead atoms. The molecule has 5 nitrogen and oxygen atoms in total. The first-order valence-electron chi connectivity index (χ1n) is 8.65. The number of piperidine rings is 1. The van der Waals surface area contributed by atoms with Gasteiger partial charge in [-0.3, -0.25) is 4.79 Å². The molecule has 1 aliphatic heterocycles. The van der Waals surface area contributed by atoms with Gasteiger partial charge in [0.25, 0.3) is 5.91 Å². The van der Waals surface area contributed by atoms with Gasteiger partial charge in [0.1, 0.15) is 0 Å². The molecule has 0 radical (unpaired) electrons. The predicted octanol–water partition coefficient (Wildman–Crippen LogP) is 2.88. The molecule has 1 amide bonds. The Morgan fingerprint density at radius 1 is 1.21 bits per heavy atom. The van der Waals surface area contributed by atoms with Crippen LogP contribution in [0.3, 0.4) is 0 Å². The Balaban J connectivity index is 2.16. The van der Waals surface area contributed by atoms with Gasteiger partial charge in [-0.2, -0.15) is 4.31 Å². The highest BCUT2D eigenvalue weighted by molar-refractivity contribution is 7.89. The quantitative estimate of drug-likeness (QED) is 0.886. The van der Waals surface area contributed by atoms with Gasteiger partial charge >= 0.3 is 0 Å². The van der Waals surface area contributed by atoms with Crippen molar-refractivity contribution in [2.45, 2.75) is 51.5 Å². The lowest BCUT2D eigenvalue weighted by Gasteiger charge is -2.34. The Bertz CT molecular complexity index is 660. The first kappa shape index (κ1) is 18.9. The van der Waals surface area contributed by atoms with Crippen LogP contribution in [-0.4, -0.2) is 37.8 Å². The van der Waals surface area contributed by atoms with E-state index in [9.17, 15) is 13.2 Å². The summed E-state index contributed by atoms with van der Waals surface area (Å²) >= 11 is 0. The number of nitrogens with zero attached hydrogens (tertiary/aromatic N) is 1. The van der Waals surface area contributed by atoms with Crippen molar-refractivity contribution in [3.8, 4) is 0 Å². The number of sulfonamides is 1. The Hall–Kier alpha value is -1.40. The molecule has 1 aliphatic rings. The van der Waals surface area contributed by atoms with E-state index in [1.807, 2.05) is 13.8 Å². The molecule has 1 N–H and O–H groups in total. The molecule has 0 saturated carbocycles. The second kappa shape index (κ2) is 7.66. The first-order chi connectivity index (χ1) is 11.2. The maximum absolute atomic E-state index is 12.8. The summed E-state index contributed by atoms with van der Waals surface area (Å²) in [7, 11) is -3.50. The molecule has 3 atom stereocenters. The van der Waals surface area contributed by atoms with Gasteiger partial charge in [-0.25, -0.2) is 8.42 Å². The molecule has 0 spiro atoms. The van der Waals surface area contributed by atoms with Gasteiger partial charge in [0.2, 0.25) is 10.0 Å². The molecule has 0 aromatic heterocycles. The van der Waals surface area contributed by atoms with E-state index >= 15 is 0 Å². The fourth-order valence-electron chi connectivity index (χ4n) is 3.14. The van der Waals surface area contributed by atoms with E-state index in [-0.39, 0.29) is 16.8 Å². The van der Waals surface area contributed by atoms with E-state index < -0.39 is 10.0 Å². The number of hydrogen-bond acceptors (Lipinski definition) is 3. The largest absolute Gasteiger partial charge is 0.350 e. The number of benzene rings is 1. The van der Waals surface area contributed by atoms with Crippen LogP contribution in [0.4, 0.5) is 0 Å². The van der Waals surface area contributed by atoms with Crippen LogP contribution in [-0.2, 0) is 10.0 Å². The standard InChI is InChI=1S/C18H28N2O3S/c1-5-15(4)19-18(21)16-6-8-17(9-7-16)24(22,23)20-11-13(2)10-14(3)12-20/h6-9,13-15H,5,10-12H2,1-4H3,(H,19,21). The Morgan fingerprint density at radius 2 is 1.75 bits per heavy atom. The SMILES string of the molecule is CCC(C)NC(=O)c1ccc(S(=O)(=O)N2CC(C)CC(C)C2)cc1. The number of hydrogen-bond donors (Lipinski definition) is 1. The highest BCUT2D eigenvalue weighted by Gasteiger charge is 2.31. The first-order valence-corrected chi connectivity index (χ1v) is 10.1. The van der Waals surface area contributed by atoms with Crippen LogP contribution in [0.25, 0.3) is 0 Å². The average molecular weight is 353 g/mol. The normalized spacial score (nSPS) is 23.7. The molecular weight excluding hydrogens is 324 g/mol. The number of nitrogens with one attached hydrogen (secondary N) is 1. The molecule has 1 aromatic carbocycles. The zero-order valence-corrected chi connectivity index (χ0v) is 15.8. The lowest BCUT2D eigenvalue weighted by atomic mass is 9.94. The van der Waals surface area contributed by atoms with Gasteiger partial charge in [-0.1, -0.05) is 20.8 Å². The minimum absolute atomic E-state index is 0.0947. The van der Waals surface area contributed by atoms with E-state index in [1.165, 1.54) is 12.1 Å². The molecule has 1 saturated heterocycles. The molecule has 6 heteroatoms. The molecule has 3 unspecified atom stereocenters. The van der Waals surface area contributed by atoms with E-state index in [2.05, 4.69) is 19.2 Å². The van der Waals surface area contributed by atoms with Crippen LogP contribution in [0.15, 0.2) is 29.2 Å². The molecule has 2 rings (SSSR count). The van der Waals surface area contributed by atoms with Crippen molar-refractivity contribution >= 4 is 15.9 Å². The number of amides is 1. The molecular formula is C18H28N2O3S. The fourth-order valence-corrected chi connectivity index (χ4v) is 4.82. The van der Waals surface area contributed by atoms with Crippen molar-refractivity contribution < 1.29 is 13.2 Å². The third kappa shape index (κ3) is 4.36. The summed E-state index contributed by atoms with van der Waals surface area (Å²) in [4.78, 5) is 12.3. The molecule has 134 valence electrons. The zero-order chi connectivity index (χ0) is 17.9. The second-order valence-corrected chi connectivity index (χ2v) is 9.01. The van der Waals surface area contributed by atoms with Crippen LogP contribution in [0.1, 0.15) is 50.9 Å². The van der Waals surface area contributed by atoms with Crippen molar-refractivity contribution in [3.63, 3.8) is 0 Å². The van der Waals surface area contributed by atoms with Crippen molar-refractivity contribution in [1.29, 1.82) is 0 Å². The molecule has 0 aliphatic carbocycles. The summed E-state index contributed by atoms with van der Waals surface area (Å²) in [6, 6.07) is 6.33. The van der Waals surface area contributed by atoms with Crippen molar-refractivity contribution in [3.05, 3.63) is 29.8 Å². The predicted molar refractivity (Wildman–Crippen MR) is 95.4 cm³/mol. The summed E-state index contributed by atoms with van der Waals surface area (Å²) in [5, 5.41) is 2.88. The molecule has 1 aromatic rings. The second-order valence-electron chi connectivity index (χ2n) is 7.08. The van der Waals surface area contributed by atoms with Crippen molar-refractivity contribution in [1.82, 2.24) is 9.62 Å². The number of carbonyl (C=O) groups is 1. The maximum Gasteiger partial charge on any atom is 0.251 e. The molecule has 1 heterocycles. The van der Waals surface area contributed by atoms with Gasteiger partial charge in [-0.15, -0.1) is 0 Å². The summed E-state index contributed by atoms with van der Waals surface area (Å²) < 4.78 is 27.2. The van der Waals surface area contributed by atoms with Gasteiger partial charge < -0.3 is 5.32 Å². The third-order valence-corrected chi connectivity index (χ3v) is 6.43. The number of rotatable bonds is 5. The van der Waals surface area contributed by atoms with Crippen molar-refractivity contribution in [2.24, 2.45) is 11.8 Å². The van der Waals surface area contributed by atoms with Crippen molar-refractivity contribution in [2.75, 3.05) is 13.1 Å². The molecule has 24 heavy (non-hydrogen) atoms. The van der Waals surface area contributed by atoms with Crippen LogP contribution in [0.5, 0.6) is 0 Å². The Morgan fingerprint density at radius 3 is 2.25 bits per heavy atom. The highest BCUT2D eigenvalue weighted by Crippen LogP contribution is 2.26. The van der Waals surface area contributed by atoms with Gasteiger partial charge in [0.05, 0.1) is 4.90 Å². The van der Waals surface area contributed by atoms with E-state index in [0.717, 1.165) is 12.8 Å². The van der Waals surface area contributed by atoms with Crippen LogP contribution >= 0.6 is 0 Å². The summed E-state index contributed by atoms with van der Waals surface area (Å²) in [5.41, 5.74) is 0.481. The Labute approximate surface area is 145 Å². The Kier molecular flexibility index (Phi) is 6.04. The summed E-state index contributed by atoms with van der Waals surface area (Å²) in [5.74, 6) is 0.557. The summed E-state index contributed by atoms with van der Waals surface area (Å²) in [6.45, 7) is 9.23. The lowest BCUT2D eigenvalue weighted by Crippen LogP contribution is -2.42. The zero-order valence-electron chi connectivity index (χ0n) is 15.0. The van der Waals surface area contributed by atoms with Crippen LogP contribution < -0.4 is 5.32 Å². The average Bonchev–Trinajstić information content (AvgIpc) is 2.53. The smallest absolute Gasteiger partial charge is 0.251 e. The van der Waals surface area contributed by atoms with Gasteiger partial charge in [0.15, 0.2) is 0 Å². The van der Waals surface area contributed by atoms with E-state index in [4.69, 9.17) is 0 Å². The minimum atomic E-state index is -3.50. The monoisotopic (exact) mass is 352 g/mol. The van der Waals surface area contributed by atoms with Crippen LogP contribution in [0.2, 0.25) is 0 Å². The van der Waals surface area contributed by atoms with Crippen LogP contribution in [0, 0.1) is 11.8 Å². The van der Waals surface area contributed by atoms with E-state index in [1.54, 1.807) is 16.4 Å². The fraction of sp³-hybridized carbons (Fsp3) is 0.611. The van der Waals surface area contributed by atoms with E-state index in [0.29, 0.717) is 30.5 Å². The topological polar surface area (TPSA) is 66.5 Å². The number of carbonyl (C=O) groups excluding carboxylic acids is 1. The van der Waals surface area contributed by atoms with Gasteiger partial charge in [0, 0.05) is 24.7 Å². The third-order valence-electron chi connectivity index (χ3n) is 4.58. The van der Waals surface area contributed by atoms with Gasteiger partial charge in [-0.05, 0) is 55.9 Å². The summed E-state index contributed by atoms with van der Waals surface area (Å²) in [6.07, 6.45) is 1.91. The maximum atomic E-state index is 12.8.